The second kappa shape index (κ2) is 5.44. The maximum absolute atomic E-state index is 6.03. The number of nitrogens with two attached hydrogens (primary N) is 1. The van der Waals surface area contributed by atoms with E-state index in [0.717, 1.165) is 39.0 Å². The van der Waals surface area contributed by atoms with Gasteiger partial charge < -0.3 is 10.5 Å². The molecule has 0 saturated carbocycles. The van der Waals surface area contributed by atoms with Gasteiger partial charge >= 0.3 is 0 Å². The number of benzene rings is 2. The average molecular weight is 278 g/mol. The van der Waals surface area contributed by atoms with Crippen molar-refractivity contribution in [3.8, 4) is 5.75 Å². The summed E-state index contributed by atoms with van der Waals surface area (Å²) in [6, 6.07) is 14.0. The van der Waals surface area contributed by atoms with Crippen molar-refractivity contribution in [2.45, 2.75) is 20.5 Å². The molecule has 0 spiro atoms. The summed E-state index contributed by atoms with van der Waals surface area (Å²) in [4.78, 5) is 4.37. The first-order chi connectivity index (χ1) is 10.2. The van der Waals surface area contributed by atoms with Crippen molar-refractivity contribution in [2.75, 3.05) is 5.73 Å². The van der Waals surface area contributed by atoms with Crippen molar-refractivity contribution >= 4 is 16.6 Å². The number of pyridine rings is 1. The van der Waals surface area contributed by atoms with Crippen LogP contribution in [0.25, 0.3) is 10.9 Å². The third-order valence-corrected chi connectivity index (χ3v) is 3.76. The molecule has 0 atom stereocenters. The first-order valence-electron chi connectivity index (χ1n) is 6.98. The zero-order chi connectivity index (χ0) is 14.8. The second-order valence-electron chi connectivity index (χ2n) is 5.20. The summed E-state index contributed by atoms with van der Waals surface area (Å²) in [5.41, 5.74) is 10.9. The van der Waals surface area contributed by atoms with E-state index in [2.05, 4.69) is 11.1 Å². The number of fused-ring (bicyclic) bond motifs is 1. The molecule has 3 heteroatoms. The summed E-state index contributed by atoms with van der Waals surface area (Å²) >= 11 is 0. The smallest absolute Gasteiger partial charge is 0.127 e. The van der Waals surface area contributed by atoms with Crippen molar-refractivity contribution < 1.29 is 4.74 Å². The van der Waals surface area contributed by atoms with Crippen LogP contribution in [0.3, 0.4) is 0 Å². The normalized spacial score (nSPS) is 10.8. The van der Waals surface area contributed by atoms with Gasteiger partial charge in [-0.3, -0.25) is 4.98 Å². The van der Waals surface area contributed by atoms with Crippen LogP contribution in [0.2, 0.25) is 0 Å². The number of ether oxygens (including phenoxy) is 1. The Bertz CT molecular complexity index is 791. The third kappa shape index (κ3) is 2.55. The van der Waals surface area contributed by atoms with Gasteiger partial charge in [-0.2, -0.15) is 0 Å². The first-order valence-corrected chi connectivity index (χ1v) is 6.98. The van der Waals surface area contributed by atoms with Crippen molar-refractivity contribution in [1.29, 1.82) is 0 Å². The fraction of sp³-hybridized carbons (Fsp3) is 0.167. The molecule has 2 N–H and O–H groups in total. The van der Waals surface area contributed by atoms with E-state index in [0.29, 0.717) is 6.61 Å². The monoisotopic (exact) mass is 278 g/mol. The molecule has 106 valence electrons. The summed E-state index contributed by atoms with van der Waals surface area (Å²) in [6.07, 6.45) is 1.82. The van der Waals surface area contributed by atoms with Gasteiger partial charge in [0.2, 0.25) is 0 Å². The van der Waals surface area contributed by atoms with Crippen LogP contribution in [0.1, 0.15) is 16.7 Å². The molecule has 1 aromatic heterocycles. The van der Waals surface area contributed by atoms with Crippen molar-refractivity contribution in [2.24, 2.45) is 0 Å². The molecule has 0 bridgehead atoms. The summed E-state index contributed by atoms with van der Waals surface area (Å²) in [7, 11) is 0. The fourth-order valence-corrected chi connectivity index (χ4v) is 2.50. The number of nitrogen functional groups attached to an aromatic ring is 1. The van der Waals surface area contributed by atoms with Crippen LogP contribution < -0.4 is 10.5 Å². The van der Waals surface area contributed by atoms with Crippen molar-refractivity contribution in [3.05, 3.63) is 65.4 Å². The Balaban J connectivity index is 1.93. The molecule has 0 saturated heterocycles. The molecule has 0 amide bonds. The van der Waals surface area contributed by atoms with Crippen LogP contribution >= 0.6 is 0 Å². The molecule has 0 aliphatic carbocycles. The Kier molecular flexibility index (Phi) is 3.48. The van der Waals surface area contributed by atoms with Gasteiger partial charge in [0.25, 0.3) is 0 Å². The van der Waals surface area contributed by atoms with E-state index in [4.69, 9.17) is 10.5 Å². The summed E-state index contributed by atoms with van der Waals surface area (Å²) in [5, 5.41) is 1.12. The van der Waals surface area contributed by atoms with Gasteiger partial charge in [0.1, 0.15) is 12.4 Å². The molecule has 3 rings (SSSR count). The SMILES string of the molecule is Cc1ccc(N)c(C)c1OCc1ccnc2ccccc12. The average Bonchev–Trinajstić information content (AvgIpc) is 2.51. The number of rotatable bonds is 3. The second-order valence-corrected chi connectivity index (χ2v) is 5.20. The third-order valence-electron chi connectivity index (χ3n) is 3.76. The van der Waals surface area contributed by atoms with E-state index < -0.39 is 0 Å². The molecule has 2 aromatic carbocycles. The molecule has 0 fully saturated rings. The number of para-hydroxylation sites is 1. The highest BCUT2D eigenvalue weighted by molar-refractivity contribution is 5.81. The molecule has 21 heavy (non-hydrogen) atoms. The van der Waals surface area contributed by atoms with Gasteiger partial charge in [0.15, 0.2) is 0 Å². The van der Waals surface area contributed by atoms with E-state index in [1.54, 1.807) is 0 Å². The number of aromatic nitrogens is 1. The summed E-state index contributed by atoms with van der Waals surface area (Å²) in [5.74, 6) is 0.871. The topological polar surface area (TPSA) is 48.1 Å². The quantitative estimate of drug-likeness (QED) is 0.736. The lowest BCUT2D eigenvalue weighted by atomic mass is 10.1. The van der Waals surface area contributed by atoms with Crippen LogP contribution in [-0.2, 0) is 6.61 Å². The van der Waals surface area contributed by atoms with Crippen LogP contribution in [-0.4, -0.2) is 4.98 Å². The van der Waals surface area contributed by atoms with E-state index in [-0.39, 0.29) is 0 Å². The highest BCUT2D eigenvalue weighted by Crippen LogP contribution is 2.29. The molecule has 0 unspecified atom stereocenters. The lowest BCUT2D eigenvalue weighted by molar-refractivity contribution is 0.303. The largest absolute Gasteiger partial charge is 0.488 e. The van der Waals surface area contributed by atoms with E-state index in [1.807, 2.05) is 56.4 Å². The van der Waals surface area contributed by atoms with Crippen molar-refractivity contribution in [3.63, 3.8) is 0 Å². The number of nitrogens with zero attached hydrogens (tertiary/aromatic N) is 1. The summed E-state index contributed by atoms with van der Waals surface area (Å²) < 4.78 is 6.03. The standard InChI is InChI=1S/C18H18N2O/c1-12-7-8-16(19)13(2)18(12)21-11-14-9-10-20-17-6-4-3-5-15(14)17/h3-10H,11,19H2,1-2H3. The molecule has 0 radical (unpaired) electrons. The highest BCUT2D eigenvalue weighted by atomic mass is 16.5. The molecular weight excluding hydrogens is 260 g/mol. The molecule has 3 nitrogen and oxygen atoms in total. The van der Waals surface area contributed by atoms with Crippen LogP contribution in [0.4, 0.5) is 5.69 Å². The van der Waals surface area contributed by atoms with E-state index in [9.17, 15) is 0 Å². The summed E-state index contributed by atoms with van der Waals surface area (Å²) in [6.45, 7) is 4.53. The highest BCUT2D eigenvalue weighted by Gasteiger charge is 2.08. The number of hydrogen-bond acceptors (Lipinski definition) is 3. The molecule has 3 aromatic rings. The zero-order valence-corrected chi connectivity index (χ0v) is 12.3. The Labute approximate surface area is 124 Å². The van der Waals surface area contributed by atoms with Gasteiger partial charge in [-0.1, -0.05) is 24.3 Å². The lowest BCUT2D eigenvalue weighted by Gasteiger charge is -2.14. The van der Waals surface area contributed by atoms with Gasteiger partial charge in [0, 0.05) is 28.4 Å². The maximum Gasteiger partial charge on any atom is 0.127 e. The molecule has 0 aliphatic heterocycles. The Morgan fingerprint density at radius 2 is 1.86 bits per heavy atom. The first kappa shape index (κ1) is 13.4. The number of anilines is 1. The minimum absolute atomic E-state index is 0.508. The Hall–Kier alpha value is -2.55. The molecule has 1 heterocycles. The van der Waals surface area contributed by atoms with Gasteiger partial charge in [-0.25, -0.2) is 0 Å². The fourth-order valence-electron chi connectivity index (χ4n) is 2.50. The van der Waals surface area contributed by atoms with Gasteiger partial charge in [0.05, 0.1) is 5.52 Å². The van der Waals surface area contributed by atoms with Crippen LogP contribution in [0.15, 0.2) is 48.7 Å². The zero-order valence-electron chi connectivity index (χ0n) is 12.3. The minimum atomic E-state index is 0.508. The lowest BCUT2D eigenvalue weighted by Crippen LogP contribution is -2.02. The van der Waals surface area contributed by atoms with E-state index >= 15 is 0 Å². The number of hydrogen-bond donors (Lipinski definition) is 1. The van der Waals surface area contributed by atoms with Crippen LogP contribution in [0.5, 0.6) is 5.75 Å². The molecular formula is C18H18N2O. The van der Waals surface area contributed by atoms with Gasteiger partial charge in [-0.15, -0.1) is 0 Å². The predicted molar refractivity (Wildman–Crippen MR) is 86.4 cm³/mol. The Morgan fingerprint density at radius 1 is 1.05 bits per heavy atom. The maximum atomic E-state index is 6.03. The van der Waals surface area contributed by atoms with Gasteiger partial charge in [-0.05, 0) is 37.6 Å². The number of aryl methyl sites for hydroxylation is 1. The van der Waals surface area contributed by atoms with Crippen molar-refractivity contribution in [1.82, 2.24) is 4.98 Å². The van der Waals surface area contributed by atoms with Crippen LogP contribution in [0, 0.1) is 13.8 Å². The Morgan fingerprint density at radius 3 is 2.71 bits per heavy atom. The minimum Gasteiger partial charge on any atom is -0.488 e. The molecule has 0 aliphatic rings. The van der Waals surface area contributed by atoms with E-state index in [1.165, 1.54) is 0 Å². The predicted octanol–water partition coefficient (Wildman–Crippen LogP) is 4.01.